The number of aromatic nitrogens is 1. The number of carbonyl (C=O) groups is 1. The third-order valence-corrected chi connectivity index (χ3v) is 8.66. The molecule has 0 aliphatic carbocycles. The second-order valence-electron chi connectivity index (χ2n) is 7.77. The van der Waals surface area contributed by atoms with E-state index >= 15 is 0 Å². The van der Waals surface area contributed by atoms with Gasteiger partial charge in [0.2, 0.25) is 10.0 Å². The fourth-order valence-corrected chi connectivity index (χ4v) is 6.44. The molecule has 1 N–H and O–H groups in total. The van der Waals surface area contributed by atoms with Gasteiger partial charge in [0.05, 0.1) is 21.2 Å². The van der Waals surface area contributed by atoms with Gasteiger partial charge < -0.3 is 0 Å². The molecular weight excluding hydrogens is 478 g/mol. The Morgan fingerprint density at radius 1 is 1.03 bits per heavy atom. The van der Waals surface area contributed by atoms with Crippen LogP contribution in [0, 0.1) is 0 Å². The average molecular weight is 498 g/mol. The number of fused-ring (bicyclic) bond motifs is 1. The highest BCUT2D eigenvalue weighted by Gasteiger charge is 2.28. The Kier molecular flexibility index (Phi) is 5.92. The molecule has 1 aliphatic rings. The lowest BCUT2D eigenvalue weighted by atomic mass is 10.0. The Hall–Kier alpha value is -2.78. The number of nitrogens with zero attached hydrogens (tertiary/aromatic N) is 2. The van der Waals surface area contributed by atoms with E-state index in [0.29, 0.717) is 18.2 Å². The summed E-state index contributed by atoms with van der Waals surface area (Å²) in [7, 11) is -3.66. The van der Waals surface area contributed by atoms with Crippen molar-refractivity contribution < 1.29 is 13.2 Å². The first-order valence-electron chi connectivity index (χ1n) is 10.5. The molecule has 2 heterocycles. The molecule has 4 aromatic rings. The predicted molar refractivity (Wildman–Crippen MR) is 132 cm³/mol. The minimum absolute atomic E-state index is 0.0644. The monoisotopic (exact) mass is 497 g/mol. The van der Waals surface area contributed by atoms with E-state index in [1.165, 1.54) is 33.8 Å². The Morgan fingerprint density at radius 2 is 1.79 bits per heavy atom. The lowest BCUT2D eigenvalue weighted by Crippen LogP contribution is -2.28. The smallest absolute Gasteiger partial charge is 0.259 e. The number of amides is 1. The summed E-state index contributed by atoms with van der Waals surface area (Å²) in [5, 5.41) is 7.41. The van der Waals surface area contributed by atoms with E-state index < -0.39 is 15.9 Å². The van der Waals surface area contributed by atoms with Gasteiger partial charge in [-0.2, -0.15) is 4.31 Å². The molecule has 1 aliphatic heterocycles. The second-order valence-corrected chi connectivity index (χ2v) is 11.0. The van der Waals surface area contributed by atoms with Crippen molar-refractivity contribution in [2.75, 3.05) is 18.4 Å². The fourth-order valence-electron chi connectivity index (χ4n) is 3.98. The van der Waals surface area contributed by atoms with Crippen LogP contribution in [0.4, 0.5) is 5.13 Å². The van der Waals surface area contributed by atoms with Crippen molar-refractivity contribution in [1.82, 2.24) is 9.29 Å². The van der Waals surface area contributed by atoms with Crippen LogP contribution in [0.15, 0.2) is 70.9 Å². The lowest BCUT2D eigenvalue weighted by Gasteiger charge is -2.16. The van der Waals surface area contributed by atoms with Crippen LogP contribution in [0.1, 0.15) is 23.2 Å². The van der Waals surface area contributed by atoms with E-state index in [2.05, 4.69) is 10.3 Å². The summed E-state index contributed by atoms with van der Waals surface area (Å²) >= 11 is 7.55. The molecular formula is C24H20ClN3O3S2. The molecule has 5 rings (SSSR count). The Balaban J connectivity index is 1.41. The van der Waals surface area contributed by atoms with E-state index in [0.717, 1.165) is 34.9 Å². The number of benzene rings is 3. The number of halogens is 1. The van der Waals surface area contributed by atoms with Gasteiger partial charge >= 0.3 is 0 Å². The highest BCUT2D eigenvalue weighted by molar-refractivity contribution is 7.89. The van der Waals surface area contributed by atoms with Crippen LogP contribution in [-0.4, -0.2) is 36.7 Å². The standard InChI is InChI=1S/C24H20ClN3O3S2/c25-21-11-10-17(33(30,31)28-12-3-4-13-28)14-20(21)23(29)27-24-26-22(15-32-24)19-9-5-7-16-6-1-2-8-18(16)19/h1-2,5-11,14-15H,3-4,12-13H2,(H,26,27,29). The van der Waals surface area contributed by atoms with Gasteiger partial charge in [0.25, 0.3) is 5.91 Å². The number of carbonyl (C=O) groups excluding carboxylic acids is 1. The fraction of sp³-hybridized carbons (Fsp3) is 0.167. The molecule has 1 amide bonds. The highest BCUT2D eigenvalue weighted by Crippen LogP contribution is 2.32. The first kappa shape index (κ1) is 22.0. The third kappa shape index (κ3) is 4.27. The van der Waals surface area contributed by atoms with Gasteiger partial charge in [0.1, 0.15) is 0 Å². The Bertz CT molecular complexity index is 1460. The maximum atomic E-state index is 13.0. The van der Waals surface area contributed by atoms with Crippen LogP contribution in [0.2, 0.25) is 5.02 Å². The SMILES string of the molecule is O=C(Nc1nc(-c2cccc3ccccc23)cs1)c1cc(S(=O)(=O)N2CCCC2)ccc1Cl. The summed E-state index contributed by atoms with van der Waals surface area (Å²) in [5.41, 5.74) is 1.82. The molecule has 0 bridgehead atoms. The molecule has 0 unspecified atom stereocenters. The van der Waals surface area contributed by atoms with Crippen molar-refractivity contribution in [1.29, 1.82) is 0 Å². The molecule has 0 saturated carbocycles. The zero-order valence-corrected chi connectivity index (χ0v) is 19.9. The summed E-state index contributed by atoms with van der Waals surface area (Å²) in [5.74, 6) is -0.503. The van der Waals surface area contributed by atoms with Gasteiger partial charge in [-0.1, -0.05) is 54.1 Å². The lowest BCUT2D eigenvalue weighted by molar-refractivity contribution is 0.102. The van der Waals surface area contributed by atoms with Gasteiger partial charge in [-0.15, -0.1) is 11.3 Å². The van der Waals surface area contributed by atoms with Crippen molar-refractivity contribution >= 4 is 54.8 Å². The van der Waals surface area contributed by atoms with Crippen molar-refractivity contribution in [3.05, 3.63) is 76.6 Å². The minimum Gasteiger partial charge on any atom is -0.298 e. The first-order chi connectivity index (χ1) is 15.9. The van der Waals surface area contributed by atoms with Crippen molar-refractivity contribution in [2.24, 2.45) is 0 Å². The largest absolute Gasteiger partial charge is 0.298 e. The second kappa shape index (κ2) is 8.87. The predicted octanol–water partition coefficient (Wildman–Crippen LogP) is 5.65. The zero-order valence-electron chi connectivity index (χ0n) is 17.5. The van der Waals surface area contributed by atoms with Crippen molar-refractivity contribution in [3.63, 3.8) is 0 Å². The highest BCUT2D eigenvalue weighted by atomic mass is 35.5. The minimum atomic E-state index is -3.66. The van der Waals surface area contributed by atoms with Crippen LogP contribution < -0.4 is 5.32 Å². The molecule has 1 fully saturated rings. The normalized spacial score (nSPS) is 14.6. The van der Waals surface area contributed by atoms with E-state index in [4.69, 9.17) is 11.6 Å². The first-order valence-corrected chi connectivity index (χ1v) is 13.2. The summed E-state index contributed by atoms with van der Waals surface area (Å²) in [6.07, 6.45) is 1.67. The Morgan fingerprint density at radius 3 is 2.61 bits per heavy atom. The van der Waals surface area contributed by atoms with Gasteiger partial charge in [-0.3, -0.25) is 10.1 Å². The van der Waals surface area contributed by atoms with Crippen LogP contribution in [0.5, 0.6) is 0 Å². The Labute approximate surface area is 200 Å². The molecule has 6 nitrogen and oxygen atoms in total. The molecule has 1 aromatic heterocycles. The van der Waals surface area contributed by atoms with Crippen LogP contribution in [0.3, 0.4) is 0 Å². The summed E-state index contributed by atoms with van der Waals surface area (Å²) in [4.78, 5) is 17.6. The maximum Gasteiger partial charge on any atom is 0.259 e. The molecule has 168 valence electrons. The van der Waals surface area contributed by atoms with E-state index in [9.17, 15) is 13.2 Å². The van der Waals surface area contributed by atoms with Crippen molar-refractivity contribution in [3.8, 4) is 11.3 Å². The van der Waals surface area contributed by atoms with Crippen LogP contribution in [0.25, 0.3) is 22.0 Å². The summed E-state index contributed by atoms with van der Waals surface area (Å²) < 4.78 is 27.2. The van der Waals surface area contributed by atoms with Crippen LogP contribution >= 0.6 is 22.9 Å². The van der Waals surface area contributed by atoms with Gasteiger partial charge in [-0.25, -0.2) is 13.4 Å². The quantitative estimate of drug-likeness (QED) is 0.386. The molecule has 9 heteroatoms. The molecule has 0 spiro atoms. The average Bonchev–Trinajstić information content (AvgIpc) is 3.52. The number of rotatable bonds is 5. The number of thiazole rings is 1. The third-order valence-electron chi connectivity index (χ3n) is 5.68. The molecule has 0 atom stereocenters. The van der Waals surface area contributed by atoms with E-state index in [1.54, 1.807) is 0 Å². The van der Waals surface area contributed by atoms with Gasteiger partial charge in [0.15, 0.2) is 5.13 Å². The van der Waals surface area contributed by atoms with Gasteiger partial charge in [0, 0.05) is 24.0 Å². The number of anilines is 1. The number of sulfonamides is 1. The molecule has 0 radical (unpaired) electrons. The van der Waals surface area contributed by atoms with E-state index in [1.807, 2.05) is 47.8 Å². The number of hydrogen-bond donors (Lipinski definition) is 1. The number of hydrogen-bond acceptors (Lipinski definition) is 5. The zero-order chi connectivity index (χ0) is 23.0. The topological polar surface area (TPSA) is 79.4 Å². The van der Waals surface area contributed by atoms with E-state index in [-0.39, 0.29) is 15.5 Å². The molecule has 33 heavy (non-hydrogen) atoms. The van der Waals surface area contributed by atoms with Crippen molar-refractivity contribution in [2.45, 2.75) is 17.7 Å². The summed E-state index contributed by atoms with van der Waals surface area (Å²) in [6, 6.07) is 18.3. The van der Waals surface area contributed by atoms with Crippen LogP contribution in [-0.2, 0) is 10.0 Å². The maximum absolute atomic E-state index is 13.0. The number of nitrogens with one attached hydrogen (secondary N) is 1. The summed E-state index contributed by atoms with van der Waals surface area (Å²) in [6.45, 7) is 0.977. The molecule has 1 saturated heterocycles. The molecule has 3 aromatic carbocycles. The van der Waals surface area contributed by atoms with Gasteiger partial charge in [-0.05, 0) is 41.8 Å².